The standard InChI is InChI=1S/C13H12N2O5/c16-13(17)12-10(5-6-20-12)8-14-7-9-1-3-11(4-2-9)15(18)19/h1-6,14H,7-8H2,(H,16,17). The van der Waals surface area contributed by atoms with Gasteiger partial charge in [0.05, 0.1) is 11.2 Å². The molecule has 20 heavy (non-hydrogen) atoms. The molecule has 0 fully saturated rings. The molecule has 2 rings (SSSR count). The number of furan rings is 1. The van der Waals surface area contributed by atoms with Crippen molar-refractivity contribution in [3.8, 4) is 0 Å². The number of benzene rings is 1. The van der Waals surface area contributed by atoms with Crippen molar-refractivity contribution in [2.24, 2.45) is 0 Å². The van der Waals surface area contributed by atoms with E-state index in [1.54, 1.807) is 18.2 Å². The van der Waals surface area contributed by atoms with Crippen molar-refractivity contribution < 1.29 is 19.2 Å². The Hall–Kier alpha value is -2.67. The number of nitro groups is 1. The zero-order valence-electron chi connectivity index (χ0n) is 10.4. The maximum atomic E-state index is 10.8. The van der Waals surface area contributed by atoms with Gasteiger partial charge in [-0.1, -0.05) is 12.1 Å². The van der Waals surface area contributed by atoms with Crippen LogP contribution in [0.15, 0.2) is 41.0 Å². The molecule has 0 amide bonds. The van der Waals surface area contributed by atoms with E-state index in [4.69, 9.17) is 9.52 Å². The van der Waals surface area contributed by atoms with Gasteiger partial charge in [-0.2, -0.15) is 0 Å². The maximum absolute atomic E-state index is 10.8. The van der Waals surface area contributed by atoms with Gasteiger partial charge < -0.3 is 14.8 Å². The summed E-state index contributed by atoms with van der Waals surface area (Å²) in [7, 11) is 0. The first-order valence-electron chi connectivity index (χ1n) is 5.81. The Morgan fingerprint density at radius 1 is 1.25 bits per heavy atom. The van der Waals surface area contributed by atoms with Crippen molar-refractivity contribution in [1.29, 1.82) is 0 Å². The Morgan fingerprint density at radius 2 is 1.95 bits per heavy atom. The molecule has 0 aliphatic rings. The number of carboxylic acid groups (broad SMARTS) is 1. The van der Waals surface area contributed by atoms with Gasteiger partial charge in [-0.25, -0.2) is 4.79 Å². The van der Waals surface area contributed by atoms with Gasteiger partial charge in [0.1, 0.15) is 0 Å². The molecule has 0 saturated carbocycles. The van der Waals surface area contributed by atoms with Gasteiger partial charge in [0.15, 0.2) is 0 Å². The molecule has 2 aromatic rings. The molecule has 1 aromatic heterocycles. The fourth-order valence-electron chi connectivity index (χ4n) is 1.74. The predicted octanol–water partition coefficient (Wildman–Crippen LogP) is 2.18. The number of nitro benzene ring substituents is 1. The molecule has 7 nitrogen and oxygen atoms in total. The summed E-state index contributed by atoms with van der Waals surface area (Å²) in [4.78, 5) is 20.9. The van der Waals surface area contributed by atoms with E-state index >= 15 is 0 Å². The molecule has 0 unspecified atom stereocenters. The number of carboxylic acids is 1. The first-order chi connectivity index (χ1) is 9.58. The van der Waals surface area contributed by atoms with Gasteiger partial charge in [-0.05, 0) is 11.6 Å². The quantitative estimate of drug-likeness (QED) is 0.618. The summed E-state index contributed by atoms with van der Waals surface area (Å²) in [5, 5.41) is 22.4. The lowest BCUT2D eigenvalue weighted by molar-refractivity contribution is -0.384. The molecule has 1 heterocycles. The number of hydrogen-bond donors (Lipinski definition) is 2. The van der Waals surface area contributed by atoms with Crippen LogP contribution in [0, 0.1) is 10.1 Å². The summed E-state index contributed by atoms with van der Waals surface area (Å²) in [6.45, 7) is 0.817. The van der Waals surface area contributed by atoms with Crippen LogP contribution in [0.5, 0.6) is 0 Å². The predicted molar refractivity (Wildman–Crippen MR) is 69.3 cm³/mol. The number of carbonyl (C=O) groups is 1. The molecule has 1 aromatic carbocycles. The third kappa shape index (κ3) is 3.21. The van der Waals surface area contributed by atoms with Crippen molar-refractivity contribution in [3.05, 3.63) is 63.6 Å². The molecule has 0 aliphatic carbocycles. The highest BCUT2D eigenvalue weighted by molar-refractivity contribution is 5.86. The zero-order valence-corrected chi connectivity index (χ0v) is 10.4. The van der Waals surface area contributed by atoms with Crippen LogP contribution in [0.1, 0.15) is 21.7 Å². The smallest absolute Gasteiger partial charge is 0.372 e. The van der Waals surface area contributed by atoms with Crippen LogP contribution in [-0.2, 0) is 13.1 Å². The minimum absolute atomic E-state index is 0.0387. The highest BCUT2D eigenvalue weighted by Crippen LogP contribution is 2.13. The van der Waals surface area contributed by atoms with Crippen LogP contribution >= 0.6 is 0 Å². The van der Waals surface area contributed by atoms with Gasteiger partial charge in [0, 0.05) is 30.8 Å². The number of nitrogens with zero attached hydrogens (tertiary/aromatic N) is 1. The Kier molecular flexibility index (Phi) is 4.11. The van der Waals surface area contributed by atoms with E-state index in [0.717, 1.165) is 5.56 Å². The molecular formula is C13H12N2O5. The average molecular weight is 276 g/mol. The van der Waals surface area contributed by atoms with Crippen LogP contribution in [0.4, 0.5) is 5.69 Å². The SMILES string of the molecule is O=C(O)c1occc1CNCc1ccc([N+](=O)[O-])cc1. The summed E-state index contributed by atoms with van der Waals surface area (Å²) in [6, 6.07) is 7.75. The van der Waals surface area contributed by atoms with E-state index in [2.05, 4.69) is 5.32 Å². The summed E-state index contributed by atoms with van der Waals surface area (Å²) in [5.74, 6) is -1.19. The van der Waals surface area contributed by atoms with Crippen molar-refractivity contribution >= 4 is 11.7 Å². The van der Waals surface area contributed by atoms with Crippen LogP contribution in [0.2, 0.25) is 0 Å². The minimum atomic E-state index is -1.11. The summed E-state index contributed by atoms with van der Waals surface area (Å²) in [5.41, 5.74) is 1.46. The van der Waals surface area contributed by atoms with Crippen LogP contribution in [0.3, 0.4) is 0 Å². The third-order valence-corrected chi connectivity index (χ3v) is 2.73. The molecule has 0 saturated heterocycles. The highest BCUT2D eigenvalue weighted by atomic mass is 16.6. The second-order valence-electron chi connectivity index (χ2n) is 4.11. The van der Waals surface area contributed by atoms with Crippen LogP contribution < -0.4 is 5.32 Å². The number of aromatic carboxylic acids is 1. The van der Waals surface area contributed by atoms with Crippen molar-refractivity contribution in [3.63, 3.8) is 0 Å². The maximum Gasteiger partial charge on any atom is 0.372 e. The largest absolute Gasteiger partial charge is 0.475 e. The second-order valence-corrected chi connectivity index (χ2v) is 4.11. The van der Waals surface area contributed by atoms with E-state index in [9.17, 15) is 14.9 Å². The highest BCUT2D eigenvalue weighted by Gasteiger charge is 2.13. The molecule has 0 radical (unpaired) electrons. The Morgan fingerprint density at radius 3 is 2.55 bits per heavy atom. The lowest BCUT2D eigenvalue weighted by atomic mass is 10.2. The Balaban J connectivity index is 1.91. The van der Waals surface area contributed by atoms with E-state index in [0.29, 0.717) is 18.7 Å². The average Bonchev–Trinajstić information content (AvgIpc) is 2.88. The molecule has 0 aliphatic heterocycles. The lowest BCUT2D eigenvalue weighted by Crippen LogP contribution is -2.14. The summed E-state index contributed by atoms with van der Waals surface area (Å²) in [6.07, 6.45) is 1.33. The summed E-state index contributed by atoms with van der Waals surface area (Å²) >= 11 is 0. The first-order valence-corrected chi connectivity index (χ1v) is 5.81. The van der Waals surface area contributed by atoms with Gasteiger partial charge >= 0.3 is 5.97 Å². The van der Waals surface area contributed by atoms with E-state index in [1.165, 1.54) is 18.4 Å². The molecule has 7 heteroatoms. The van der Waals surface area contributed by atoms with Gasteiger partial charge in [-0.15, -0.1) is 0 Å². The molecular weight excluding hydrogens is 264 g/mol. The van der Waals surface area contributed by atoms with Gasteiger partial charge in [-0.3, -0.25) is 10.1 Å². The van der Waals surface area contributed by atoms with E-state index in [-0.39, 0.29) is 11.4 Å². The number of hydrogen-bond acceptors (Lipinski definition) is 5. The normalized spacial score (nSPS) is 10.4. The third-order valence-electron chi connectivity index (χ3n) is 2.73. The molecule has 2 N–H and O–H groups in total. The first kappa shape index (κ1) is 13.8. The van der Waals surface area contributed by atoms with Gasteiger partial charge in [0.25, 0.3) is 5.69 Å². The van der Waals surface area contributed by atoms with Crippen LogP contribution in [0.25, 0.3) is 0 Å². The van der Waals surface area contributed by atoms with Crippen LogP contribution in [-0.4, -0.2) is 16.0 Å². The van der Waals surface area contributed by atoms with Crippen molar-refractivity contribution in [1.82, 2.24) is 5.32 Å². The molecule has 0 spiro atoms. The summed E-state index contributed by atoms with van der Waals surface area (Å²) < 4.78 is 4.86. The fraction of sp³-hybridized carbons (Fsp3) is 0.154. The topological polar surface area (TPSA) is 106 Å². The second kappa shape index (κ2) is 5.98. The monoisotopic (exact) mass is 276 g/mol. The zero-order chi connectivity index (χ0) is 14.5. The Labute approximate surface area is 114 Å². The van der Waals surface area contributed by atoms with Crippen molar-refractivity contribution in [2.75, 3.05) is 0 Å². The molecule has 0 bridgehead atoms. The van der Waals surface area contributed by atoms with E-state index < -0.39 is 10.9 Å². The minimum Gasteiger partial charge on any atom is -0.475 e. The molecule has 0 atom stereocenters. The fourth-order valence-corrected chi connectivity index (χ4v) is 1.74. The number of non-ortho nitro benzene ring substituents is 1. The Bertz CT molecular complexity index is 618. The molecule has 104 valence electrons. The number of rotatable bonds is 6. The number of nitrogens with one attached hydrogen (secondary N) is 1. The van der Waals surface area contributed by atoms with Crippen molar-refractivity contribution in [2.45, 2.75) is 13.1 Å². The van der Waals surface area contributed by atoms with E-state index in [1.807, 2.05) is 0 Å². The lowest BCUT2D eigenvalue weighted by Gasteiger charge is -2.04. The van der Waals surface area contributed by atoms with Gasteiger partial charge in [0.2, 0.25) is 5.76 Å².